The molecule has 1 aliphatic rings. The summed E-state index contributed by atoms with van der Waals surface area (Å²) in [6.07, 6.45) is 12.9. The van der Waals surface area contributed by atoms with Gasteiger partial charge in [0.1, 0.15) is 0 Å². The molecular formula is C16H32O4S. The summed E-state index contributed by atoms with van der Waals surface area (Å²) < 4.78 is 19.1. The maximum atomic E-state index is 10.3. The molecule has 3 N–H and O–H groups in total. The average Bonchev–Trinajstić information content (AvgIpc) is 2.42. The predicted molar refractivity (Wildman–Crippen MR) is 89.1 cm³/mol. The molecule has 0 aliphatic carbocycles. The molecule has 0 amide bonds. The summed E-state index contributed by atoms with van der Waals surface area (Å²) in [5.74, 6) is 1.27. The van der Waals surface area contributed by atoms with E-state index < -0.39 is 16.6 Å². The Morgan fingerprint density at radius 3 is 1.86 bits per heavy atom. The van der Waals surface area contributed by atoms with Gasteiger partial charge in [0.05, 0.1) is 0 Å². The van der Waals surface area contributed by atoms with Crippen LogP contribution < -0.4 is 0 Å². The van der Waals surface area contributed by atoms with E-state index in [0.29, 0.717) is 23.8 Å². The zero-order valence-corrected chi connectivity index (χ0v) is 14.0. The molecular weight excluding hydrogens is 288 g/mol. The molecule has 0 aromatic carbocycles. The molecule has 21 heavy (non-hydrogen) atoms. The molecule has 4 nitrogen and oxygen atoms in total. The molecule has 1 rings (SSSR count). The van der Waals surface area contributed by atoms with E-state index in [0.717, 1.165) is 32.1 Å². The topological polar surface area (TPSA) is 77.8 Å². The number of aliphatic carboxylic acids is 1. The van der Waals surface area contributed by atoms with Crippen LogP contribution in [0.4, 0.5) is 0 Å². The maximum absolute atomic E-state index is 10.3. The molecule has 0 aromatic rings. The van der Waals surface area contributed by atoms with Gasteiger partial charge in [0, 0.05) is 17.9 Å². The first-order valence-corrected chi connectivity index (χ1v) is 10.3. The van der Waals surface area contributed by atoms with E-state index in [2.05, 4.69) is 0 Å². The molecule has 126 valence electrons. The van der Waals surface area contributed by atoms with E-state index in [4.69, 9.17) is 5.11 Å². The van der Waals surface area contributed by atoms with Crippen molar-refractivity contribution in [1.29, 1.82) is 0 Å². The van der Waals surface area contributed by atoms with Gasteiger partial charge in [-0.2, -0.15) is 10.6 Å². The molecule has 1 heterocycles. The van der Waals surface area contributed by atoms with Crippen LogP contribution in [0.25, 0.3) is 0 Å². The highest BCUT2D eigenvalue weighted by molar-refractivity contribution is 8.24. The maximum Gasteiger partial charge on any atom is 0.303 e. The Labute approximate surface area is 130 Å². The second-order valence-corrected chi connectivity index (χ2v) is 8.84. The van der Waals surface area contributed by atoms with Crippen LogP contribution in [0, 0.1) is 5.92 Å². The van der Waals surface area contributed by atoms with Crippen molar-refractivity contribution in [2.24, 2.45) is 5.92 Å². The van der Waals surface area contributed by atoms with Gasteiger partial charge in [-0.15, -0.1) is 0 Å². The second kappa shape index (κ2) is 10.5. The minimum absolute atomic E-state index is 0.312. The third kappa shape index (κ3) is 10.1. The smallest absolute Gasteiger partial charge is 0.303 e. The van der Waals surface area contributed by atoms with Gasteiger partial charge >= 0.3 is 5.97 Å². The molecule has 0 spiro atoms. The van der Waals surface area contributed by atoms with Crippen molar-refractivity contribution in [3.05, 3.63) is 0 Å². The Morgan fingerprint density at radius 1 is 0.857 bits per heavy atom. The Bertz CT molecular complexity index is 284. The molecule has 1 fully saturated rings. The molecule has 1 aliphatic heterocycles. The molecule has 5 heteroatoms. The summed E-state index contributed by atoms with van der Waals surface area (Å²) in [5, 5.41) is 8.52. The van der Waals surface area contributed by atoms with Gasteiger partial charge in [-0.3, -0.25) is 13.9 Å². The third-order valence-electron chi connectivity index (χ3n) is 4.46. The Morgan fingerprint density at radius 2 is 1.33 bits per heavy atom. The number of carboxylic acid groups (broad SMARTS) is 1. The van der Waals surface area contributed by atoms with E-state index in [9.17, 15) is 13.9 Å². The van der Waals surface area contributed by atoms with Crippen LogP contribution in [-0.4, -0.2) is 31.7 Å². The lowest BCUT2D eigenvalue weighted by Crippen LogP contribution is -2.20. The summed E-state index contributed by atoms with van der Waals surface area (Å²) in [7, 11) is -2.21. The highest BCUT2D eigenvalue weighted by atomic mass is 32.3. The van der Waals surface area contributed by atoms with Crippen molar-refractivity contribution in [2.45, 2.75) is 77.0 Å². The lowest BCUT2D eigenvalue weighted by Gasteiger charge is -2.39. The van der Waals surface area contributed by atoms with Crippen molar-refractivity contribution >= 4 is 16.6 Å². The summed E-state index contributed by atoms with van der Waals surface area (Å²) in [4.78, 5) is 10.3. The van der Waals surface area contributed by atoms with Crippen LogP contribution in [0.2, 0.25) is 0 Å². The van der Waals surface area contributed by atoms with Crippen LogP contribution in [0.5, 0.6) is 0 Å². The Hall–Kier alpha value is -0.260. The lowest BCUT2D eigenvalue weighted by atomic mass is 9.95. The van der Waals surface area contributed by atoms with Gasteiger partial charge in [0.2, 0.25) is 0 Å². The van der Waals surface area contributed by atoms with E-state index >= 15 is 0 Å². The number of unbranched alkanes of at least 4 members (excludes halogenated alkanes) is 7. The first-order chi connectivity index (χ1) is 9.99. The minimum Gasteiger partial charge on any atom is -0.481 e. The van der Waals surface area contributed by atoms with Crippen LogP contribution >= 0.6 is 10.6 Å². The van der Waals surface area contributed by atoms with Crippen molar-refractivity contribution < 1.29 is 19.0 Å². The van der Waals surface area contributed by atoms with E-state index in [1.807, 2.05) is 0 Å². The first kappa shape index (κ1) is 18.8. The molecule has 0 bridgehead atoms. The largest absolute Gasteiger partial charge is 0.481 e. The zero-order chi connectivity index (χ0) is 15.6. The molecule has 1 saturated heterocycles. The van der Waals surface area contributed by atoms with E-state index in [1.165, 1.54) is 38.5 Å². The summed E-state index contributed by atoms with van der Waals surface area (Å²) >= 11 is 0. The zero-order valence-electron chi connectivity index (χ0n) is 13.1. The van der Waals surface area contributed by atoms with Crippen LogP contribution in [0.3, 0.4) is 0 Å². The summed E-state index contributed by atoms with van der Waals surface area (Å²) in [5.41, 5.74) is 0. The van der Waals surface area contributed by atoms with Gasteiger partial charge < -0.3 is 5.11 Å². The summed E-state index contributed by atoms with van der Waals surface area (Å²) in [6, 6.07) is 0. The van der Waals surface area contributed by atoms with Crippen LogP contribution in [0.15, 0.2) is 0 Å². The Balaban J connectivity index is 1.82. The number of carbonyl (C=O) groups is 1. The first-order valence-electron chi connectivity index (χ1n) is 8.45. The highest BCUT2D eigenvalue weighted by Crippen LogP contribution is 2.46. The van der Waals surface area contributed by atoms with Crippen molar-refractivity contribution in [3.8, 4) is 0 Å². The quantitative estimate of drug-likeness (QED) is 0.461. The summed E-state index contributed by atoms with van der Waals surface area (Å²) in [6.45, 7) is 0. The highest BCUT2D eigenvalue weighted by Gasteiger charge is 2.23. The standard InChI is InChI=1S/C16H32O4S/c17-16(18)10-8-6-4-2-1-3-5-7-9-15-11-13-21(19,20)14-12-15/h15,19-20H,1-14H2,(H,17,18). The fraction of sp³-hybridized carbons (Fsp3) is 0.938. The predicted octanol–water partition coefficient (Wildman–Crippen LogP) is 5.13. The van der Waals surface area contributed by atoms with Gasteiger partial charge in [0.15, 0.2) is 0 Å². The van der Waals surface area contributed by atoms with E-state index in [1.54, 1.807) is 0 Å². The molecule has 0 atom stereocenters. The third-order valence-corrected chi connectivity index (χ3v) is 6.24. The SMILES string of the molecule is O=C(O)CCCCCCCCCCC1CCS(O)(O)CC1. The number of rotatable bonds is 11. The average molecular weight is 320 g/mol. The minimum atomic E-state index is -2.21. The second-order valence-electron chi connectivity index (χ2n) is 6.41. The number of hydrogen-bond donors (Lipinski definition) is 3. The molecule has 0 saturated carbocycles. The number of hydrogen-bond acceptors (Lipinski definition) is 3. The fourth-order valence-electron chi connectivity index (χ4n) is 3.02. The Kier molecular flexibility index (Phi) is 9.36. The van der Waals surface area contributed by atoms with Crippen molar-refractivity contribution in [1.82, 2.24) is 0 Å². The van der Waals surface area contributed by atoms with Gasteiger partial charge in [-0.25, -0.2) is 0 Å². The van der Waals surface area contributed by atoms with Crippen LogP contribution in [0.1, 0.15) is 77.0 Å². The molecule has 0 radical (unpaired) electrons. The van der Waals surface area contributed by atoms with Gasteiger partial charge in [-0.1, -0.05) is 51.4 Å². The molecule has 0 unspecified atom stereocenters. The van der Waals surface area contributed by atoms with E-state index in [-0.39, 0.29) is 0 Å². The fourth-order valence-corrected chi connectivity index (χ4v) is 4.64. The normalized spacial score (nSPS) is 20.3. The monoisotopic (exact) mass is 320 g/mol. The lowest BCUT2D eigenvalue weighted by molar-refractivity contribution is -0.137. The van der Waals surface area contributed by atoms with Gasteiger partial charge in [-0.05, 0) is 25.2 Å². The van der Waals surface area contributed by atoms with Gasteiger partial charge in [0.25, 0.3) is 0 Å². The van der Waals surface area contributed by atoms with Crippen molar-refractivity contribution in [3.63, 3.8) is 0 Å². The molecule has 0 aromatic heterocycles. The van der Waals surface area contributed by atoms with Crippen molar-refractivity contribution in [2.75, 3.05) is 11.5 Å². The number of carboxylic acids is 1. The van der Waals surface area contributed by atoms with Crippen LogP contribution in [-0.2, 0) is 4.79 Å².